The average Bonchev–Trinajstić information content (AvgIpc) is 2.64. The monoisotopic (exact) mass is 470 g/mol. The molecule has 146 valence electrons. The summed E-state index contributed by atoms with van der Waals surface area (Å²) in [6.45, 7) is 6.43. The summed E-state index contributed by atoms with van der Waals surface area (Å²) in [5, 5.41) is 3.42. The molecule has 0 amide bonds. The highest BCUT2D eigenvalue weighted by molar-refractivity contribution is 14.0. The van der Waals surface area contributed by atoms with Gasteiger partial charge in [0.25, 0.3) is 0 Å². The van der Waals surface area contributed by atoms with Crippen molar-refractivity contribution in [3.8, 4) is 0 Å². The second-order valence-corrected chi connectivity index (χ2v) is 7.91. The van der Waals surface area contributed by atoms with Crippen LogP contribution in [-0.2, 0) is 6.54 Å². The first-order chi connectivity index (χ1) is 12.2. The van der Waals surface area contributed by atoms with E-state index in [0.29, 0.717) is 17.9 Å². The first-order valence-electron chi connectivity index (χ1n) is 10.0. The molecular formula is C21H35IN4. The van der Waals surface area contributed by atoms with E-state index in [4.69, 9.17) is 5.73 Å². The van der Waals surface area contributed by atoms with Gasteiger partial charge in [-0.05, 0) is 57.2 Å². The van der Waals surface area contributed by atoms with E-state index in [1.165, 1.54) is 69.2 Å². The van der Waals surface area contributed by atoms with Crippen molar-refractivity contribution >= 4 is 29.9 Å². The van der Waals surface area contributed by atoms with Crippen molar-refractivity contribution in [2.75, 3.05) is 19.6 Å². The lowest BCUT2D eigenvalue weighted by molar-refractivity contribution is 0.180. The molecule has 0 aromatic heterocycles. The van der Waals surface area contributed by atoms with E-state index >= 15 is 0 Å². The van der Waals surface area contributed by atoms with Crippen LogP contribution < -0.4 is 11.1 Å². The highest BCUT2D eigenvalue weighted by atomic mass is 127. The highest BCUT2D eigenvalue weighted by Gasteiger charge is 2.19. The molecule has 1 saturated carbocycles. The number of hydrogen-bond donors (Lipinski definition) is 2. The number of hydrogen-bond acceptors (Lipinski definition) is 2. The molecule has 0 unspecified atom stereocenters. The standard InChI is InChI=1S/C21H34N4.HI/c1-17-7-9-19(10-8-17)16-25-13-11-18(12-14-25)15-23-21(22)24-20-5-3-2-4-6-20;/h7-10,18,20H,2-6,11-16H2,1H3,(H3,22,23,24);1H. The maximum atomic E-state index is 6.09. The van der Waals surface area contributed by atoms with Crippen LogP contribution in [0.15, 0.2) is 29.3 Å². The van der Waals surface area contributed by atoms with Crippen molar-refractivity contribution in [2.45, 2.75) is 64.5 Å². The SMILES string of the molecule is Cc1ccc(CN2CCC(CN=C(N)NC3CCCCC3)CC2)cc1.I. The van der Waals surface area contributed by atoms with Crippen molar-refractivity contribution in [1.82, 2.24) is 10.2 Å². The van der Waals surface area contributed by atoms with Crippen molar-refractivity contribution in [3.63, 3.8) is 0 Å². The van der Waals surface area contributed by atoms with Crippen LogP contribution in [0.4, 0.5) is 0 Å². The second kappa shape index (κ2) is 11.1. The molecule has 4 nitrogen and oxygen atoms in total. The number of halogens is 1. The maximum absolute atomic E-state index is 6.09. The van der Waals surface area contributed by atoms with Crippen LogP contribution in [0.2, 0.25) is 0 Å². The van der Waals surface area contributed by atoms with Crippen molar-refractivity contribution < 1.29 is 0 Å². The summed E-state index contributed by atoms with van der Waals surface area (Å²) in [6.07, 6.45) is 8.96. The number of guanidine groups is 1. The topological polar surface area (TPSA) is 53.6 Å². The summed E-state index contributed by atoms with van der Waals surface area (Å²) >= 11 is 0. The summed E-state index contributed by atoms with van der Waals surface area (Å²) in [4.78, 5) is 7.19. The van der Waals surface area contributed by atoms with Crippen molar-refractivity contribution in [1.29, 1.82) is 0 Å². The Morgan fingerprint density at radius 3 is 2.38 bits per heavy atom. The Morgan fingerprint density at radius 1 is 1.08 bits per heavy atom. The Bertz CT molecular complexity index is 544. The van der Waals surface area contributed by atoms with Gasteiger partial charge in [0.1, 0.15) is 0 Å². The van der Waals surface area contributed by atoms with Crippen LogP contribution in [0.3, 0.4) is 0 Å². The molecule has 0 atom stereocenters. The summed E-state index contributed by atoms with van der Waals surface area (Å²) in [6, 6.07) is 9.47. The van der Waals surface area contributed by atoms with Gasteiger partial charge in [-0.25, -0.2) is 0 Å². The first kappa shape index (κ1) is 21.5. The van der Waals surface area contributed by atoms with Crippen molar-refractivity contribution in [3.05, 3.63) is 35.4 Å². The van der Waals surface area contributed by atoms with Gasteiger partial charge in [-0.15, -0.1) is 24.0 Å². The van der Waals surface area contributed by atoms with Crippen LogP contribution in [0.25, 0.3) is 0 Å². The smallest absolute Gasteiger partial charge is 0.188 e. The van der Waals surface area contributed by atoms with Gasteiger partial charge in [-0.1, -0.05) is 49.1 Å². The molecule has 1 aromatic carbocycles. The minimum absolute atomic E-state index is 0. The van der Waals surface area contributed by atoms with Crippen molar-refractivity contribution in [2.24, 2.45) is 16.6 Å². The molecule has 1 aromatic rings. The number of nitrogens with zero attached hydrogens (tertiary/aromatic N) is 2. The predicted octanol–water partition coefficient (Wildman–Crippen LogP) is 4.06. The normalized spacial score (nSPS) is 20.6. The minimum Gasteiger partial charge on any atom is -0.370 e. The Balaban J connectivity index is 0.00000243. The third-order valence-corrected chi connectivity index (χ3v) is 5.71. The molecule has 5 heteroatoms. The molecule has 3 rings (SSSR count). The van der Waals surface area contributed by atoms with Crippen LogP contribution >= 0.6 is 24.0 Å². The van der Waals surface area contributed by atoms with E-state index in [9.17, 15) is 0 Å². The predicted molar refractivity (Wildman–Crippen MR) is 121 cm³/mol. The molecule has 1 aliphatic heterocycles. The zero-order chi connectivity index (χ0) is 17.5. The number of nitrogens with two attached hydrogens (primary N) is 1. The molecule has 1 saturated heterocycles. The lowest BCUT2D eigenvalue weighted by Gasteiger charge is -2.31. The number of aliphatic imine (C=N–C) groups is 1. The van der Waals surface area contributed by atoms with Crippen LogP contribution in [0.1, 0.15) is 56.1 Å². The molecule has 0 radical (unpaired) electrons. The highest BCUT2D eigenvalue weighted by Crippen LogP contribution is 2.20. The van der Waals surface area contributed by atoms with Crippen LogP contribution in [0, 0.1) is 12.8 Å². The largest absolute Gasteiger partial charge is 0.370 e. The molecule has 3 N–H and O–H groups in total. The Labute approximate surface area is 176 Å². The van der Waals surface area contributed by atoms with E-state index in [1.807, 2.05) is 0 Å². The summed E-state index contributed by atoms with van der Waals surface area (Å²) < 4.78 is 0. The summed E-state index contributed by atoms with van der Waals surface area (Å²) in [5.74, 6) is 1.34. The van der Waals surface area contributed by atoms with Gasteiger partial charge in [0.15, 0.2) is 5.96 Å². The van der Waals surface area contributed by atoms with E-state index in [2.05, 4.69) is 46.4 Å². The van der Waals surface area contributed by atoms with Crippen LogP contribution in [-0.4, -0.2) is 36.5 Å². The molecule has 26 heavy (non-hydrogen) atoms. The molecule has 1 aliphatic carbocycles. The lowest BCUT2D eigenvalue weighted by atomic mass is 9.95. The molecular weight excluding hydrogens is 435 g/mol. The third kappa shape index (κ3) is 7.06. The van der Waals surface area contributed by atoms with E-state index in [1.54, 1.807) is 0 Å². The Kier molecular flexibility index (Phi) is 9.19. The fourth-order valence-corrected chi connectivity index (χ4v) is 4.01. The van der Waals surface area contributed by atoms with E-state index in [0.717, 1.165) is 13.1 Å². The second-order valence-electron chi connectivity index (χ2n) is 7.91. The average molecular weight is 470 g/mol. The van der Waals surface area contributed by atoms with Gasteiger partial charge in [0, 0.05) is 19.1 Å². The molecule has 0 spiro atoms. The number of aryl methyl sites for hydroxylation is 1. The third-order valence-electron chi connectivity index (χ3n) is 5.71. The quantitative estimate of drug-likeness (QED) is 0.388. The van der Waals surface area contributed by atoms with Gasteiger partial charge >= 0.3 is 0 Å². The number of likely N-dealkylation sites (tertiary alicyclic amines) is 1. The van der Waals surface area contributed by atoms with Gasteiger partial charge in [-0.2, -0.15) is 0 Å². The molecule has 1 heterocycles. The maximum Gasteiger partial charge on any atom is 0.188 e. The molecule has 2 fully saturated rings. The Morgan fingerprint density at radius 2 is 1.73 bits per heavy atom. The zero-order valence-electron chi connectivity index (χ0n) is 16.1. The molecule has 0 bridgehead atoms. The number of piperidine rings is 1. The lowest BCUT2D eigenvalue weighted by Crippen LogP contribution is -2.41. The zero-order valence-corrected chi connectivity index (χ0v) is 18.5. The van der Waals surface area contributed by atoms with Gasteiger partial charge in [-0.3, -0.25) is 9.89 Å². The fraction of sp³-hybridized carbons (Fsp3) is 0.667. The van der Waals surface area contributed by atoms with Gasteiger partial charge < -0.3 is 11.1 Å². The summed E-state index contributed by atoms with van der Waals surface area (Å²) in [5.41, 5.74) is 8.84. The van der Waals surface area contributed by atoms with Crippen LogP contribution in [0.5, 0.6) is 0 Å². The number of rotatable bonds is 5. The summed E-state index contributed by atoms with van der Waals surface area (Å²) in [7, 11) is 0. The number of benzene rings is 1. The minimum atomic E-state index is 0. The Hall–Kier alpha value is -0.820. The fourth-order valence-electron chi connectivity index (χ4n) is 4.01. The van der Waals surface area contributed by atoms with Gasteiger partial charge in [0.05, 0.1) is 0 Å². The molecule has 2 aliphatic rings. The van der Waals surface area contributed by atoms with E-state index in [-0.39, 0.29) is 24.0 Å². The van der Waals surface area contributed by atoms with E-state index < -0.39 is 0 Å². The first-order valence-corrected chi connectivity index (χ1v) is 10.0. The van der Waals surface area contributed by atoms with Gasteiger partial charge in [0.2, 0.25) is 0 Å². The number of nitrogens with one attached hydrogen (secondary N) is 1.